The van der Waals surface area contributed by atoms with Gasteiger partial charge in [0.2, 0.25) is 0 Å². The standard InChI is InChI=1S/C10H12N2/c1-4-8-5-6-9(11-2)7-10(8)12-3/h4-7,11H,1,3H2,2H3. The van der Waals surface area contributed by atoms with Crippen LogP contribution in [0.4, 0.5) is 11.4 Å². The molecule has 0 unspecified atom stereocenters. The van der Waals surface area contributed by atoms with Crippen molar-refractivity contribution in [2.24, 2.45) is 4.99 Å². The quantitative estimate of drug-likeness (QED) is 0.675. The molecule has 0 amide bonds. The van der Waals surface area contributed by atoms with E-state index in [4.69, 9.17) is 0 Å². The minimum atomic E-state index is 0.858. The molecule has 1 N–H and O–H groups in total. The maximum absolute atomic E-state index is 3.89. The summed E-state index contributed by atoms with van der Waals surface area (Å²) in [7, 11) is 1.87. The van der Waals surface area contributed by atoms with Crippen molar-refractivity contribution in [3.05, 3.63) is 30.3 Å². The zero-order chi connectivity index (χ0) is 8.97. The van der Waals surface area contributed by atoms with Crippen LogP contribution in [0.3, 0.4) is 0 Å². The molecule has 1 aromatic rings. The predicted molar refractivity (Wildman–Crippen MR) is 55.3 cm³/mol. The van der Waals surface area contributed by atoms with Crippen molar-refractivity contribution >= 4 is 24.2 Å². The van der Waals surface area contributed by atoms with Gasteiger partial charge in [0.15, 0.2) is 0 Å². The molecule has 0 aliphatic carbocycles. The largest absolute Gasteiger partial charge is 0.388 e. The number of hydrogen-bond acceptors (Lipinski definition) is 2. The van der Waals surface area contributed by atoms with Crippen LogP contribution in [-0.4, -0.2) is 13.8 Å². The molecule has 2 heteroatoms. The molecule has 1 aromatic carbocycles. The molecule has 0 spiro atoms. The van der Waals surface area contributed by atoms with Gasteiger partial charge in [0.1, 0.15) is 0 Å². The monoisotopic (exact) mass is 160 g/mol. The van der Waals surface area contributed by atoms with Gasteiger partial charge in [-0.3, -0.25) is 4.99 Å². The van der Waals surface area contributed by atoms with Crippen molar-refractivity contribution in [3.8, 4) is 0 Å². The van der Waals surface area contributed by atoms with Gasteiger partial charge >= 0.3 is 0 Å². The first-order valence-electron chi connectivity index (χ1n) is 3.72. The first-order chi connectivity index (χ1) is 5.81. The number of nitrogens with one attached hydrogen (secondary N) is 1. The lowest BCUT2D eigenvalue weighted by molar-refractivity contribution is 1.47. The summed E-state index contributed by atoms with van der Waals surface area (Å²) in [5.74, 6) is 0. The Labute approximate surface area is 72.6 Å². The Morgan fingerprint density at radius 2 is 2.25 bits per heavy atom. The van der Waals surface area contributed by atoms with Crippen LogP contribution in [0.1, 0.15) is 5.56 Å². The number of aliphatic imine (C=N–C) groups is 1. The topological polar surface area (TPSA) is 24.4 Å². The SMILES string of the molecule is C=Cc1ccc(NC)cc1N=C. The van der Waals surface area contributed by atoms with E-state index in [2.05, 4.69) is 23.6 Å². The summed E-state index contributed by atoms with van der Waals surface area (Å²) in [6.45, 7) is 7.18. The van der Waals surface area contributed by atoms with Gasteiger partial charge < -0.3 is 5.32 Å². The molecule has 12 heavy (non-hydrogen) atoms. The number of anilines is 1. The average molecular weight is 160 g/mol. The van der Waals surface area contributed by atoms with E-state index in [0.29, 0.717) is 0 Å². The van der Waals surface area contributed by atoms with Gasteiger partial charge in [-0.25, -0.2) is 0 Å². The Kier molecular flexibility index (Phi) is 2.64. The van der Waals surface area contributed by atoms with Crippen LogP contribution in [0.15, 0.2) is 29.8 Å². The first-order valence-corrected chi connectivity index (χ1v) is 3.72. The highest BCUT2D eigenvalue weighted by Crippen LogP contribution is 2.23. The number of hydrogen-bond donors (Lipinski definition) is 1. The molecule has 0 aromatic heterocycles. The van der Waals surface area contributed by atoms with Crippen molar-refractivity contribution in [3.63, 3.8) is 0 Å². The van der Waals surface area contributed by atoms with E-state index < -0.39 is 0 Å². The molecular weight excluding hydrogens is 148 g/mol. The average Bonchev–Trinajstić information content (AvgIpc) is 2.16. The summed E-state index contributed by atoms with van der Waals surface area (Å²) in [5.41, 5.74) is 2.89. The summed E-state index contributed by atoms with van der Waals surface area (Å²) in [5, 5.41) is 3.03. The zero-order valence-corrected chi connectivity index (χ0v) is 7.17. The molecule has 2 nitrogen and oxygen atoms in total. The summed E-state index contributed by atoms with van der Waals surface area (Å²) < 4.78 is 0. The lowest BCUT2D eigenvalue weighted by atomic mass is 10.1. The van der Waals surface area contributed by atoms with E-state index in [0.717, 1.165) is 16.9 Å². The molecule has 0 saturated carbocycles. The highest BCUT2D eigenvalue weighted by Gasteiger charge is 1.96. The van der Waals surface area contributed by atoms with Gasteiger partial charge in [0.05, 0.1) is 5.69 Å². The maximum atomic E-state index is 3.89. The number of nitrogens with zero attached hydrogens (tertiary/aromatic N) is 1. The minimum absolute atomic E-state index is 0.858. The van der Waals surface area contributed by atoms with Crippen LogP contribution in [0.2, 0.25) is 0 Å². The highest BCUT2D eigenvalue weighted by molar-refractivity contribution is 5.69. The predicted octanol–water partition coefficient (Wildman–Crippen LogP) is 2.70. The molecule has 0 bridgehead atoms. The molecule has 0 heterocycles. The Morgan fingerprint density at radius 3 is 2.75 bits per heavy atom. The minimum Gasteiger partial charge on any atom is -0.388 e. The van der Waals surface area contributed by atoms with Gasteiger partial charge in [-0.15, -0.1) is 0 Å². The van der Waals surface area contributed by atoms with Crippen LogP contribution in [-0.2, 0) is 0 Å². The van der Waals surface area contributed by atoms with Gasteiger partial charge in [-0.1, -0.05) is 18.7 Å². The first kappa shape index (κ1) is 8.53. The number of benzene rings is 1. The molecule has 0 aliphatic heterocycles. The summed E-state index contributed by atoms with van der Waals surface area (Å²) in [4.78, 5) is 3.89. The van der Waals surface area contributed by atoms with Crippen molar-refractivity contribution in [2.45, 2.75) is 0 Å². The molecule has 0 atom stereocenters. The fraction of sp³-hybridized carbons (Fsp3) is 0.100. The van der Waals surface area contributed by atoms with Crippen molar-refractivity contribution in [2.75, 3.05) is 12.4 Å². The third-order valence-electron chi connectivity index (χ3n) is 1.71. The van der Waals surface area contributed by atoms with Crippen LogP contribution >= 0.6 is 0 Å². The molecule has 0 fully saturated rings. The second-order valence-electron chi connectivity index (χ2n) is 2.39. The second-order valence-corrected chi connectivity index (χ2v) is 2.39. The van der Waals surface area contributed by atoms with E-state index in [1.54, 1.807) is 6.08 Å². The lowest BCUT2D eigenvalue weighted by Gasteiger charge is -2.03. The molecular formula is C10H12N2. The van der Waals surface area contributed by atoms with Crippen LogP contribution in [0.5, 0.6) is 0 Å². The maximum Gasteiger partial charge on any atom is 0.0715 e. The van der Waals surface area contributed by atoms with E-state index in [1.807, 2.05) is 25.2 Å². The summed E-state index contributed by atoms with van der Waals surface area (Å²) >= 11 is 0. The van der Waals surface area contributed by atoms with Gasteiger partial charge in [-0.2, -0.15) is 0 Å². The molecule has 0 aliphatic rings. The van der Waals surface area contributed by atoms with Gasteiger partial charge in [0.25, 0.3) is 0 Å². The van der Waals surface area contributed by atoms with E-state index in [9.17, 15) is 0 Å². The van der Waals surface area contributed by atoms with Crippen LogP contribution in [0.25, 0.3) is 6.08 Å². The highest BCUT2D eigenvalue weighted by atomic mass is 14.8. The smallest absolute Gasteiger partial charge is 0.0715 e. The zero-order valence-electron chi connectivity index (χ0n) is 7.17. The van der Waals surface area contributed by atoms with E-state index in [1.165, 1.54) is 0 Å². The van der Waals surface area contributed by atoms with Crippen LogP contribution < -0.4 is 5.32 Å². The molecule has 1 rings (SSSR count). The Hall–Kier alpha value is -1.57. The summed E-state index contributed by atoms with van der Waals surface area (Å²) in [6, 6.07) is 5.87. The van der Waals surface area contributed by atoms with Gasteiger partial charge in [-0.05, 0) is 24.4 Å². The summed E-state index contributed by atoms with van der Waals surface area (Å²) in [6.07, 6.45) is 1.77. The Bertz CT molecular complexity index is 303. The second kappa shape index (κ2) is 3.72. The van der Waals surface area contributed by atoms with E-state index >= 15 is 0 Å². The fourth-order valence-corrected chi connectivity index (χ4v) is 1.01. The van der Waals surface area contributed by atoms with Crippen molar-refractivity contribution in [1.29, 1.82) is 0 Å². The third kappa shape index (κ3) is 1.53. The number of rotatable bonds is 3. The Balaban J connectivity index is 3.18. The van der Waals surface area contributed by atoms with Crippen molar-refractivity contribution in [1.82, 2.24) is 0 Å². The van der Waals surface area contributed by atoms with Crippen LogP contribution in [0, 0.1) is 0 Å². The molecule has 0 saturated heterocycles. The normalized spacial score (nSPS) is 9.08. The van der Waals surface area contributed by atoms with Gasteiger partial charge in [0, 0.05) is 12.7 Å². The molecule has 0 radical (unpaired) electrons. The lowest BCUT2D eigenvalue weighted by Crippen LogP contribution is -1.87. The van der Waals surface area contributed by atoms with E-state index in [-0.39, 0.29) is 0 Å². The Morgan fingerprint density at radius 1 is 1.50 bits per heavy atom. The fourth-order valence-electron chi connectivity index (χ4n) is 1.01. The molecule has 62 valence electrons. The third-order valence-corrected chi connectivity index (χ3v) is 1.71. The van der Waals surface area contributed by atoms with Crippen molar-refractivity contribution < 1.29 is 0 Å².